The first-order chi connectivity index (χ1) is 6.16. The van der Waals surface area contributed by atoms with E-state index >= 15 is 0 Å². The molecule has 13 heavy (non-hydrogen) atoms. The first-order valence-electron chi connectivity index (χ1n) is 3.81. The smallest absolute Gasteiger partial charge is 0.404 e. The number of hydrogen-bond acceptors (Lipinski definition) is 3. The molecule has 0 radical (unpaired) electrons. The Labute approximate surface area is 81.6 Å². The molecule has 0 aliphatic rings. The molecule has 0 aliphatic carbocycles. The Morgan fingerprint density at radius 1 is 1.15 bits per heavy atom. The molecule has 0 saturated heterocycles. The van der Waals surface area contributed by atoms with Crippen LogP contribution in [0.25, 0.3) is 0 Å². The standard InChI is InChI=1S/C6H13N3O3S/c10-5(9-13)7-3-1-2-4-8-6(11)12/h8,13H,1-4H2,(H,11,12)(H2,7,9,10). The van der Waals surface area contributed by atoms with Crippen molar-refractivity contribution in [2.45, 2.75) is 12.8 Å². The van der Waals surface area contributed by atoms with E-state index in [0.29, 0.717) is 19.5 Å². The predicted molar refractivity (Wildman–Crippen MR) is 50.8 cm³/mol. The third kappa shape index (κ3) is 8.80. The van der Waals surface area contributed by atoms with Crippen LogP contribution in [0.5, 0.6) is 0 Å². The summed E-state index contributed by atoms with van der Waals surface area (Å²) in [7, 11) is 0. The number of carboxylic acid groups (broad SMARTS) is 1. The lowest BCUT2D eigenvalue weighted by atomic mass is 10.3. The summed E-state index contributed by atoms with van der Waals surface area (Å²) in [5.41, 5.74) is 0. The second-order valence-electron chi connectivity index (χ2n) is 2.31. The van der Waals surface area contributed by atoms with Gasteiger partial charge in [-0.15, -0.1) is 0 Å². The van der Waals surface area contributed by atoms with E-state index in [1.165, 1.54) is 0 Å². The highest BCUT2D eigenvalue weighted by Gasteiger charge is 1.95. The molecule has 6 nitrogen and oxygen atoms in total. The summed E-state index contributed by atoms with van der Waals surface area (Å²) in [6, 6.07) is -0.352. The van der Waals surface area contributed by atoms with Gasteiger partial charge in [0.2, 0.25) is 0 Å². The van der Waals surface area contributed by atoms with Gasteiger partial charge in [-0.3, -0.25) is 4.72 Å². The van der Waals surface area contributed by atoms with Crippen LogP contribution in [0, 0.1) is 0 Å². The van der Waals surface area contributed by atoms with E-state index in [1.807, 2.05) is 0 Å². The molecule has 0 fully saturated rings. The van der Waals surface area contributed by atoms with Gasteiger partial charge < -0.3 is 15.7 Å². The second-order valence-corrected chi connectivity index (χ2v) is 2.53. The van der Waals surface area contributed by atoms with Crippen molar-refractivity contribution in [2.24, 2.45) is 0 Å². The van der Waals surface area contributed by atoms with E-state index in [0.717, 1.165) is 6.42 Å². The van der Waals surface area contributed by atoms with Gasteiger partial charge in [0.05, 0.1) is 0 Å². The zero-order valence-electron chi connectivity index (χ0n) is 7.04. The van der Waals surface area contributed by atoms with Crippen molar-refractivity contribution in [3.05, 3.63) is 0 Å². The third-order valence-corrected chi connectivity index (χ3v) is 1.47. The summed E-state index contributed by atoms with van der Waals surface area (Å²) in [6.45, 7) is 0.910. The van der Waals surface area contributed by atoms with Gasteiger partial charge in [0, 0.05) is 13.1 Å². The number of unbranched alkanes of at least 4 members (excludes halogenated alkanes) is 1. The molecule has 0 atom stereocenters. The Balaban J connectivity index is 3.08. The highest BCUT2D eigenvalue weighted by Crippen LogP contribution is 1.84. The van der Waals surface area contributed by atoms with Crippen LogP contribution in [0.4, 0.5) is 9.59 Å². The number of urea groups is 1. The van der Waals surface area contributed by atoms with Crippen LogP contribution in [0.1, 0.15) is 12.8 Å². The summed E-state index contributed by atoms with van der Waals surface area (Å²) in [6.07, 6.45) is 0.390. The number of rotatable bonds is 5. The largest absolute Gasteiger partial charge is 0.465 e. The Bertz CT molecular complexity index is 177. The van der Waals surface area contributed by atoms with E-state index in [9.17, 15) is 9.59 Å². The molecule has 0 aromatic heterocycles. The number of carbonyl (C=O) groups excluding carboxylic acids is 1. The van der Waals surface area contributed by atoms with Gasteiger partial charge in [-0.05, 0) is 12.8 Å². The van der Waals surface area contributed by atoms with Crippen molar-refractivity contribution >= 4 is 24.9 Å². The maximum atomic E-state index is 10.5. The van der Waals surface area contributed by atoms with Gasteiger partial charge in [-0.1, -0.05) is 12.8 Å². The van der Waals surface area contributed by atoms with Gasteiger partial charge in [0.15, 0.2) is 0 Å². The zero-order valence-corrected chi connectivity index (χ0v) is 7.93. The number of nitrogens with one attached hydrogen (secondary N) is 3. The van der Waals surface area contributed by atoms with Gasteiger partial charge in [0.25, 0.3) is 0 Å². The lowest BCUT2D eigenvalue weighted by molar-refractivity contribution is 0.194. The van der Waals surface area contributed by atoms with Gasteiger partial charge in [-0.2, -0.15) is 0 Å². The van der Waals surface area contributed by atoms with Gasteiger partial charge >= 0.3 is 12.1 Å². The van der Waals surface area contributed by atoms with Crippen LogP contribution >= 0.6 is 12.8 Å². The number of hydrogen-bond donors (Lipinski definition) is 5. The normalized spacial score (nSPS) is 9.00. The Morgan fingerprint density at radius 3 is 2.15 bits per heavy atom. The summed E-state index contributed by atoms with van der Waals surface area (Å²) in [5.74, 6) is 0. The van der Waals surface area contributed by atoms with E-state index in [-0.39, 0.29) is 6.03 Å². The minimum absolute atomic E-state index is 0.352. The van der Waals surface area contributed by atoms with Gasteiger partial charge in [-0.25, -0.2) is 9.59 Å². The number of thiol groups is 1. The lowest BCUT2D eigenvalue weighted by Crippen LogP contribution is -2.31. The van der Waals surface area contributed by atoms with E-state index in [4.69, 9.17) is 5.11 Å². The van der Waals surface area contributed by atoms with Crippen molar-refractivity contribution < 1.29 is 14.7 Å². The van der Waals surface area contributed by atoms with Crippen LogP contribution < -0.4 is 15.4 Å². The minimum atomic E-state index is -1.03. The quantitative estimate of drug-likeness (QED) is 0.329. The van der Waals surface area contributed by atoms with Crippen LogP contribution in [0.2, 0.25) is 0 Å². The third-order valence-electron chi connectivity index (χ3n) is 1.27. The summed E-state index contributed by atoms with van der Waals surface area (Å²) in [5, 5.41) is 12.9. The minimum Gasteiger partial charge on any atom is -0.465 e. The maximum absolute atomic E-state index is 10.5. The molecule has 0 aromatic rings. The fourth-order valence-corrected chi connectivity index (χ4v) is 0.766. The zero-order chi connectivity index (χ0) is 10.1. The van der Waals surface area contributed by atoms with E-state index in [1.54, 1.807) is 0 Å². The molecule has 0 aliphatic heterocycles. The molecular formula is C6H13N3O3S. The average molecular weight is 207 g/mol. The second kappa shape index (κ2) is 7.53. The molecule has 0 saturated carbocycles. The Morgan fingerprint density at radius 2 is 1.69 bits per heavy atom. The van der Waals surface area contributed by atoms with Crippen LogP contribution in [-0.2, 0) is 0 Å². The molecule has 0 spiro atoms. The van der Waals surface area contributed by atoms with Crippen LogP contribution in [0.15, 0.2) is 0 Å². The lowest BCUT2D eigenvalue weighted by Gasteiger charge is -2.03. The Hall–Kier alpha value is -1.11. The van der Waals surface area contributed by atoms with Crippen LogP contribution in [0.3, 0.4) is 0 Å². The molecule has 3 amide bonds. The topological polar surface area (TPSA) is 90.5 Å². The fourth-order valence-electron chi connectivity index (χ4n) is 0.687. The van der Waals surface area contributed by atoms with E-state index in [2.05, 4.69) is 28.2 Å². The number of amides is 3. The first kappa shape index (κ1) is 11.9. The van der Waals surface area contributed by atoms with Crippen molar-refractivity contribution in [1.82, 2.24) is 15.4 Å². The Kier molecular flexibility index (Phi) is 6.89. The monoisotopic (exact) mass is 207 g/mol. The van der Waals surface area contributed by atoms with Crippen molar-refractivity contribution in [3.63, 3.8) is 0 Å². The average Bonchev–Trinajstić information content (AvgIpc) is 2.10. The summed E-state index contributed by atoms with van der Waals surface area (Å²) >= 11 is 3.53. The summed E-state index contributed by atoms with van der Waals surface area (Å²) < 4.78 is 2.11. The SMILES string of the molecule is O=C(O)NCCCCNC(=O)NS. The number of carbonyl (C=O) groups is 2. The van der Waals surface area contributed by atoms with Crippen LogP contribution in [-0.4, -0.2) is 30.3 Å². The molecule has 0 unspecified atom stereocenters. The van der Waals surface area contributed by atoms with Gasteiger partial charge in [0.1, 0.15) is 0 Å². The molecule has 0 rings (SSSR count). The summed E-state index contributed by atoms with van der Waals surface area (Å²) in [4.78, 5) is 20.5. The highest BCUT2D eigenvalue weighted by molar-refractivity contribution is 7.78. The molecule has 76 valence electrons. The molecule has 0 aromatic carbocycles. The van der Waals surface area contributed by atoms with Crippen molar-refractivity contribution in [1.29, 1.82) is 0 Å². The maximum Gasteiger partial charge on any atom is 0.404 e. The van der Waals surface area contributed by atoms with Crippen molar-refractivity contribution in [3.8, 4) is 0 Å². The first-order valence-corrected chi connectivity index (χ1v) is 4.26. The highest BCUT2D eigenvalue weighted by atomic mass is 32.1. The molecule has 4 N–H and O–H groups in total. The predicted octanol–water partition coefficient (Wildman–Crippen LogP) is 0.178. The van der Waals surface area contributed by atoms with E-state index < -0.39 is 6.09 Å². The fraction of sp³-hybridized carbons (Fsp3) is 0.667. The molecular weight excluding hydrogens is 194 g/mol. The van der Waals surface area contributed by atoms with Crippen molar-refractivity contribution in [2.75, 3.05) is 13.1 Å². The molecule has 7 heteroatoms. The molecule has 0 bridgehead atoms. The molecule has 0 heterocycles.